The van der Waals surface area contributed by atoms with E-state index < -0.39 is 0 Å². The first kappa shape index (κ1) is 41.6. The highest BCUT2D eigenvalue weighted by Crippen LogP contribution is 2.50. The lowest BCUT2D eigenvalue weighted by Gasteiger charge is -2.26. The third-order valence-corrected chi connectivity index (χ3v) is 15.5. The summed E-state index contributed by atoms with van der Waals surface area (Å²) in [6, 6.07) is 58.7. The van der Waals surface area contributed by atoms with Gasteiger partial charge in [-0.3, -0.25) is 0 Å². The second kappa shape index (κ2) is 14.8. The van der Waals surface area contributed by atoms with E-state index in [1.807, 2.05) is 11.3 Å². The molecule has 3 aromatic heterocycles. The van der Waals surface area contributed by atoms with E-state index in [4.69, 9.17) is 4.42 Å². The van der Waals surface area contributed by atoms with Gasteiger partial charge in [0.15, 0.2) is 7.28 Å². The number of nitrogens with one attached hydrogen (secondary N) is 1. The molecule has 0 atom stereocenters. The SMILES string of the molecule is CC(C)(C)c1ccc(Nc2ccc(C(C)(C)C)cc2-c2c3c4c(c5cc(C(C)(C)C)ccc5n4-c4cc5c(-c6ccccc6)c(-c6ccccc6)oc5cc4B3)c3c2sc2ccccc23)cc1. The summed E-state index contributed by atoms with van der Waals surface area (Å²) in [4.78, 5) is 0. The minimum atomic E-state index is -0.0646. The van der Waals surface area contributed by atoms with Crippen molar-refractivity contribution in [2.75, 3.05) is 5.32 Å². The molecule has 328 valence electrons. The number of rotatable bonds is 5. The molecule has 0 unspecified atom stereocenters. The Bertz CT molecular complexity index is 3770. The van der Waals surface area contributed by atoms with Crippen molar-refractivity contribution >= 4 is 93.9 Å². The van der Waals surface area contributed by atoms with Crippen LogP contribution in [0.1, 0.15) is 79.0 Å². The molecule has 4 heterocycles. The van der Waals surface area contributed by atoms with Crippen LogP contribution in [-0.4, -0.2) is 11.8 Å². The normalized spacial score (nSPS) is 13.0. The third-order valence-electron chi connectivity index (χ3n) is 14.3. The molecule has 0 saturated carbocycles. The first-order valence-corrected chi connectivity index (χ1v) is 24.6. The highest BCUT2D eigenvalue weighted by atomic mass is 32.1. The predicted molar refractivity (Wildman–Crippen MR) is 292 cm³/mol. The number of thiophene rings is 1. The molecule has 0 amide bonds. The summed E-state index contributed by atoms with van der Waals surface area (Å²) in [5.41, 5.74) is 19.3. The molecule has 1 aliphatic heterocycles. The average Bonchev–Trinajstić information content (AvgIpc) is 3.98. The number of anilines is 2. The number of hydrogen-bond donors (Lipinski definition) is 1. The molecular weight excluding hydrogens is 832 g/mol. The number of furan rings is 1. The van der Waals surface area contributed by atoms with Gasteiger partial charge in [-0.2, -0.15) is 0 Å². The van der Waals surface area contributed by atoms with Gasteiger partial charge in [-0.05, 0) is 104 Å². The molecule has 1 aliphatic rings. The standard InChI is InChI=1S/C62H55BN2OS/c1-60(2,3)38-24-28-41(29-25-38)64-47-30-26-39(61(4,5)6)32-43(47)55-56-57-53(54-42-22-16-17-23-51(42)67-59(54)55)44-33-40(62(7,8)9)27-31-48(44)65(57)49-34-45-50(35-46(49)63-56)66-58(37-20-14-11-15-21-37)52(45)36-18-12-10-13-19-36/h10-35,63-64H,1-9H3. The average molecular weight is 887 g/mol. The molecule has 0 saturated heterocycles. The van der Waals surface area contributed by atoms with Crippen LogP contribution in [0, 0.1) is 0 Å². The van der Waals surface area contributed by atoms with Crippen LogP contribution in [0.5, 0.6) is 0 Å². The lowest BCUT2D eigenvalue weighted by molar-refractivity contribution is 0.590. The van der Waals surface area contributed by atoms with E-state index in [0.29, 0.717) is 0 Å². The number of fused-ring (bicyclic) bond motifs is 10. The molecule has 0 fully saturated rings. The summed E-state index contributed by atoms with van der Waals surface area (Å²) in [5.74, 6) is 0.900. The van der Waals surface area contributed by atoms with Crippen molar-refractivity contribution in [3.8, 4) is 39.3 Å². The lowest BCUT2D eigenvalue weighted by atomic mass is 9.58. The Labute approximate surface area is 398 Å². The molecule has 11 aromatic rings. The summed E-state index contributed by atoms with van der Waals surface area (Å²) in [6.45, 7) is 20.8. The van der Waals surface area contributed by atoms with E-state index in [0.717, 1.165) is 52.1 Å². The number of hydrogen-bond acceptors (Lipinski definition) is 3. The van der Waals surface area contributed by atoms with Gasteiger partial charge in [-0.1, -0.05) is 171 Å². The van der Waals surface area contributed by atoms with Crippen molar-refractivity contribution in [1.29, 1.82) is 0 Å². The fourth-order valence-electron chi connectivity index (χ4n) is 10.7. The van der Waals surface area contributed by atoms with E-state index in [1.54, 1.807) is 0 Å². The van der Waals surface area contributed by atoms with Crippen LogP contribution >= 0.6 is 11.3 Å². The number of nitrogens with zero attached hydrogens (tertiary/aromatic N) is 1. The van der Waals surface area contributed by atoms with Gasteiger partial charge in [-0.15, -0.1) is 11.3 Å². The fraction of sp³-hybridized carbons (Fsp3) is 0.194. The Balaban J connectivity index is 1.23. The highest BCUT2D eigenvalue weighted by molar-refractivity contribution is 7.26. The molecule has 0 aliphatic carbocycles. The van der Waals surface area contributed by atoms with Crippen molar-refractivity contribution in [1.82, 2.24) is 4.57 Å². The van der Waals surface area contributed by atoms with Crippen molar-refractivity contribution in [2.45, 2.75) is 78.6 Å². The molecule has 0 radical (unpaired) electrons. The van der Waals surface area contributed by atoms with Crippen molar-refractivity contribution < 1.29 is 4.42 Å². The van der Waals surface area contributed by atoms with Gasteiger partial charge in [0.2, 0.25) is 0 Å². The van der Waals surface area contributed by atoms with E-state index in [9.17, 15) is 0 Å². The van der Waals surface area contributed by atoms with Crippen LogP contribution in [0.25, 0.3) is 92.2 Å². The Hall–Kier alpha value is -6.82. The summed E-state index contributed by atoms with van der Waals surface area (Å²) in [6.07, 6.45) is 0. The highest BCUT2D eigenvalue weighted by Gasteiger charge is 2.33. The Morgan fingerprint density at radius 2 is 1.16 bits per heavy atom. The van der Waals surface area contributed by atoms with E-state index >= 15 is 0 Å². The Morgan fingerprint density at radius 1 is 0.537 bits per heavy atom. The largest absolute Gasteiger partial charge is 0.455 e. The third kappa shape index (κ3) is 6.68. The smallest absolute Gasteiger partial charge is 0.198 e. The van der Waals surface area contributed by atoms with Crippen LogP contribution in [0.4, 0.5) is 11.4 Å². The Kier molecular flexibility index (Phi) is 9.22. The number of aromatic nitrogens is 1. The second-order valence-electron chi connectivity index (χ2n) is 21.9. The lowest BCUT2D eigenvalue weighted by Crippen LogP contribution is -2.37. The molecule has 0 bridgehead atoms. The van der Waals surface area contributed by atoms with E-state index in [1.165, 1.54) is 86.4 Å². The molecule has 3 nitrogen and oxygen atoms in total. The van der Waals surface area contributed by atoms with E-state index in [2.05, 4.69) is 230 Å². The summed E-state index contributed by atoms with van der Waals surface area (Å²) >= 11 is 1.94. The maximum atomic E-state index is 7.06. The molecule has 8 aromatic carbocycles. The zero-order valence-corrected chi connectivity index (χ0v) is 40.8. The van der Waals surface area contributed by atoms with Gasteiger partial charge >= 0.3 is 0 Å². The molecule has 1 N–H and O–H groups in total. The second-order valence-corrected chi connectivity index (χ2v) is 22.9. The minimum absolute atomic E-state index is 0.0280. The molecule has 12 rings (SSSR count). The van der Waals surface area contributed by atoms with Crippen LogP contribution in [-0.2, 0) is 16.2 Å². The zero-order chi connectivity index (χ0) is 46.1. The topological polar surface area (TPSA) is 30.1 Å². The predicted octanol–water partition coefficient (Wildman–Crippen LogP) is 16.2. The molecule has 0 spiro atoms. The Morgan fingerprint density at radius 3 is 1.87 bits per heavy atom. The fourth-order valence-corrected chi connectivity index (χ4v) is 12.0. The van der Waals surface area contributed by atoms with E-state index in [-0.39, 0.29) is 16.2 Å². The van der Waals surface area contributed by atoms with Crippen molar-refractivity contribution in [3.05, 3.63) is 174 Å². The first-order valence-electron chi connectivity index (χ1n) is 23.8. The van der Waals surface area contributed by atoms with Gasteiger partial charge in [0.1, 0.15) is 11.3 Å². The van der Waals surface area contributed by atoms with Crippen molar-refractivity contribution in [2.24, 2.45) is 0 Å². The zero-order valence-electron chi connectivity index (χ0n) is 40.0. The van der Waals surface area contributed by atoms with Crippen LogP contribution in [0.15, 0.2) is 162 Å². The van der Waals surface area contributed by atoms with Crippen molar-refractivity contribution in [3.63, 3.8) is 0 Å². The van der Waals surface area contributed by atoms with Crippen LogP contribution < -0.4 is 16.2 Å². The minimum Gasteiger partial charge on any atom is -0.455 e. The maximum Gasteiger partial charge on any atom is 0.198 e. The molecule has 5 heteroatoms. The first-order chi connectivity index (χ1) is 32.1. The number of benzene rings is 8. The monoisotopic (exact) mass is 886 g/mol. The van der Waals surface area contributed by atoms with Gasteiger partial charge in [0.05, 0.1) is 5.52 Å². The summed E-state index contributed by atoms with van der Waals surface area (Å²) in [7, 11) is 0.755. The molecular formula is C62H55BN2OS. The van der Waals surface area contributed by atoms with Crippen LogP contribution in [0.2, 0.25) is 0 Å². The molecule has 67 heavy (non-hydrogen) atoms. The van der Waals surface area contributed by atoms with Gasteiger partial charge < -0.3 is 14.3 Å². The van der Waals surface area contributed by atoms with Crippen LogP contribution in [0.3, 0.4) is 0 Å². The van der Waals surface area contributed by atoms with Gasteiger partial charge in [0.25, 0.3) is 0 Å². The maximum absolute atomic E-state index is 7.06. The summed E-state index contributed by atoms with van der Waals surface area (Å²) < 4.78 is 12.3. The summed E-state index contributed by atoms with van der Waals surface area (Å²) in [5, 5.41) is 10.4. The van der Waals surface area contributed by atoms with Gasteiger partial charge in [-0.25, -0.2) is 0 Å². The quantitative estimate of drug-likeness (QED) is 0.175. The van der Waals surface area contributed by atoms with Gasteiger partial charge in [0, 0.05) is 75.6 Å².